The van der Waals surface area contributed by atoms with Gasteiger partial charge in [-0.15, -0.1) is 0 Å². The van der Waals surface area contributed by atoms with Crippen LogP contribution in [0.1, 0.15) is 5.69 Å². The van der Waals surface area contributed by atoms with Crippen LogP contribution in [-0.2, 0) is 11.3 Å². The second-order valence-corrected chi connectivity index (χ2v) is 2.30. The maximum absolute atomic E-state index is 4.84. The lowest BCUT2D eigenvalue weighted by molar-refractivity contribution is 0.262. The molecule has 0 amide bonds. The third-order valence-corrected chi connectivity index (χ3v) is 1.44. The summed E-state index contributed by atoms with van der Waals surface area (Å²) in [5.74, 6) is 0.556. The third-order valence-electron chi connectivity index (χ3n) is 1.44. The van der Waals surface area contributed by atoms with E-state index in [0.29, 0.717) is 12.4 Å². The van der Waals surface area contributed by atoms with Crippen molar-refractivity contribution in [2.75, 3.05) is 7.11 Å². The topological polar surface area (TPSA) is 34.2 Å². The molecule has 1 aromatic rings. The van der Waals surface area contributed by atoms with E-state index in [9.17, 15) is 0 Å². The number of methoxy groups -OCH3 is 1. The van der Waals surface area contributed by atoms with Gasteiger partial charge in [-0.05, 0) is 18.7 Å². The van der Waals surface area contributed by atoms with E-state index in [1.54, 1.807) is 13.3 Å². The predicted molar refractivity (Wildman–Crippen MR) is 47.2 cm³/mol. The molecule has 0 spiro atoms. The van der Waals surface area contributed by atoms with E-state index < -0.39 is 0 Å². The zero-order valence-corrected chi connectivity index (χ0v) is 7.08. The van der Waals surface area contributed by atoms with Gasteiger partial charge in [0.25, 0.3) is 0 Å². The van der Waals surface area contributed by atoms with Crippen LogP contribution in [0.15, 0.2) is 36.9 Å². The van der Waals surface area contributed by atoms with Gasteiger partial charge in [0.1, 0.15) is 0 Å². The van der Waals surface area contributed by atoms with E-state index in [4.69, 9.17) is 4.74 Å². The lowest BCUT2D eigenvalue weighted by Crippen LogP contribution is -2.13. The van der Waals surface area contributed by atoms with E-state index >= 15 is 0 Å². The Hall–Kier alpha value is -1.51. The summed E-state index contributed by atoms with van der Waals surface area (Å²) in [7, 11) is 1.58. The molecule has 1 rings (SSSR count). The maximum atomic E-state index is 4.84. The minimum absolute atomic E-state index is 0.556. The molecule has 0 fully saturated rings. The minimum atomic E-state index is 0.556. The Kier molecular flexibility index (Phi) is 3.14. The molecule has 1 aromatic heterocycles. The molecule has 0 bridgehead atoms. The highest BCUT2D eigenvalue weighted by atomic mass is 16.5. The number of hydrogen-bond donors (Lipinski definition) is 1. The van der Waals surface area contributed by atoms with Gasteiger partial charge in [0.15, 0.2) is 5.88 Å². The van der Waals surface area contributed by atoms with Gasteiger partial charge in [-0.3, -0.25) is 4.98 Å². The fraction of sp³-hybridized carbons (Fsp3) is 0.222. The molecule has 0 aromatic carbocycles. The van der Waals surface area contributed by atoms with Crippen molar-refractivity contribution in [3.8, 4) is 0 Å². The molecule has 0 atom stereocenters. The first-order valence-corrected chi connectivity index (χ1v) is 3.69. The first kappa shape index (κ1) is 8.59. The number of aromatic nitrogens is 1. The fourth-order valence-corrected chi connectivity index (χ4v) is 0.764. The van der Waals surface area contributed by atoms with Crippen LogP contribution in [0.2, 0.25) is 0 Å². The number of rotatable bonds is 4. The normalized spacial score (nSPS) is 9.08. The van der Waals surface area contributed by atoms with E-state index in [-0.39, 0.29) is 0 Å². The van der Waals surface area contributed by atoms with Crippen molar-refractivity contribution in [2.45, 2.75) is 6.54 Å². The van der Waals surface area contributed by atoms with Crippen LogP contribution >= 0.6 is 0 Å². The summed E-state index contributed by atoms with van der Waals surface area (Å²) in [4.78, 5) is 4.13. The third kappa shape index (κ3) is 2.62. The number of nitrogens with zero attached hydrogens (tertiary/aromatic N) is 1. The Balaban J connectivity index is 2.38. The quantitative estimate of drug-likeness (QED) is 0.681. The second kappa shape index (κ2) is 4.38. The molecule has 0 saturated heterocycles. The molecule has 1 N–H and O–H groups in total. The average Bonchev–Trinajstić information content (AvgIpc) is 2.16. The molecule has 0 aliphatic heterocycles. The van der Waals surface area contributed by atoms with E-state index in [0.717, 1.165) is 5.69 Å². The SMILES string of the molecule is C=C(NCc1ccccn1)OC. The lowest BCUT2D eigenvalue weighted by Gasteiger charge is -2.06. The molecule has 0 aliphatic rings. The van der Waals surface area contributed by atoms with E-state index in [2.05, 4.69) is 16.9 Å². The largest absolute Gasteiger partial charge is 0.483 e. The number of ether oxygens (including phenoxy) is 1. The molecular formula is C9H12N2O. The van der Waals surface area contributed by atoms with Crippen molar-refractivity contribution in [1.82, 2.24) is 10.3 Å². The Morgan fingerprint density at radius 3 is 3.08 bits per heavy atom. The predicted octanol–water partition coefficient (Wildman–Crippen LogP) is 1.29. The maximum Gasteiger partial charge on any atom is 0.179 e. The number of pyridine rings is 1. The molecule has 1 heterocycles. The Labute approximate surface area is 72.1 Å². The van der Waals surface area contributed by atoms with Crippen molar-refractivity contribution >= 4 is 0 Å². The van der Waals surface area contributed by atoms with Gasteiger partial charge < -0.3 is 10.1 Å². The molecule has 0 radical (unpaired) electrons. The van der Waals surface area contributed by atoms with Gasteiger partial charge in [-0.25, -0.2) is 0 Å². The van der Waals surface area contributed by atoms with Gasteiger partial charge in [-0.2, -0.15) is 0 Å². The first-order valence-electron chi connectivity index (χ1n) is 3.69. The second-order valence-electron chi connectivity index (χ2n) is 2.30. The highest BCUT2D eigenvalue weighted by Crippen LogP contribution is 1.93. The number of nitrogens with one attached hydrogen (secondary N) is 1. The summed E-state index contributed by atoms with van der Waals surface area (Å²) >= 11 is 0. The summed E-state index contributed by atoms with van der Waals surface area (Å²) in [6.07, 6.45) is 1.76. The van der Waals surface area contributed by atoms with Crippen molar-refractivity contribution < 1.29 is 4.74 Å². The van der Waals surface area contributed by atoms with Gasteiger partial charge in [0.05, 0.1) is 19.3 Å². The molecule has 0 aliphatic carbocycles. The van der Waals surface area contributed by atoms with Gasteiger partial charge in [0, 0.05) is 6.20 Å². The fourth-order valence-electron chi connectivity index (χ4n) is 0.764. The molecule has 0 saturated carbocycles. The van der Waals surface area contributed by atoms with Crippen molar-refractivity contribution in [3.05, 3.63) is 42.6 Å². The molecule has 0 unspecified atom stereocenters. The smallest absolute Gasteiger partial charge is 0.179 e. The number of hydrogen-bond acceptors (Lipinski definition) is 3. The van der Waals surface area contributed by atoms with Gasteiger partial charge >= 0.3 is 0 Å². The van der Waals surface area contributed by atoms with Crippen LogP contribution in [0.5, 0.6) is 0 Å². The molecular weight excluding hydrogens is 152 g/mol. The highest BCUT2D eigenvalue weighted by Gasteiger charge is 1.92. The van der Waals surface area contributed by atoms with E-state index in [1.165, 1.54) is 0 Å². The standard InChI is InChI=1S/C9H12N2O/c1-8(12-2)11-7-9-5-3-4-6-10-9/h3-6,11H,1,7H2,2H3. The summed E-state index contributed by atoms with van der Waals surface area (Å²) in [6.45, 7) is 4.27. The molecule has 3 nitrogen and oxygen atoms in total. The van der Waals surface area contributed by atoms with Crippen molar-refractivity contribution in [3.63, 3.8) is 0 Å². The van der Waals surface area contributed by atoms with Crippen LogP contribution in [0.25, 0.3) is 0 Å². The monoisotopic (exact) mass is 164 g/mol. The average molecular weight is 164 g/mol. The first-order chi connectivity index (χ1) is 5.83. The Bertz CT molecular complexity index is 246. The minimum Gasteiger partial charge on any atom is -0.483 e. The molecule has 3 heteroatoms. The zero-order chi connectivity index (χ0) is 8.81. The van der Waals surface area contributed by atoms with Crippen LogP contribution in [0.4, 0.5) is 0 Å². The summed E-state index contributed by atoms with van der Waals surface area (Å²) in [5, 5.41) is 2.97. The summed E-state index contributed by atoms with van der Waals surface area (Å²) in [5.41, 5.74) is 0.968. The molecule has 12 heavy (non-hydrogen) atoms. The Morgan fingerprint density at radius 1 is 1.67 bits per heavy atom. The lowest BCUT2D eigenvalue weighted by atomic mass is 10.3. The van der Waals surface area contributed by atoms with Gasteiger partial charge in [0.2, 0.25) is 0 Å². The van der Waals surface area contributed by atoms with Crippen LogP contribution in [-0.4, -0.2) is 12.1 Å². The van der Waals surface area contributed by atoms with Crippen molar-refractivity contribution in [2.24, 2.45) is 0 Å². The van der Waals surface area contributed by atoms with Crippen LogP contribution in [0, 0.1) is 0 Å². The summed E-state index contributed by atoms with van der Waals surface area (Å²) in [6, 6.07) is 5.77. The van der Waals surface area contributed by atoms with E-state index in [1.807, 2.05) is 18.2 Å². The zero-order valence-electron chi connectivity index (χ0n) is 7.08. The highest BCUT2D eigenvalue weighted by molar-refractivity contribution is 5.03. The summed E-state index contributed by atoms with van der Waals surface area (Å²) < 4.78 is 4.84. The van der Waals surface area contributed by atoms with Gasteiger partial charge in [-0.1, -0.05) is 6.07 Å². The van der Waals surface area contributed by atoms with Crippen LogP contribution < -0.4 is 5.32 Å². The molecule has 64 valence electrons. The van der Waals surface area contributed by atoms with Crippen LogP contribution in [0.3, 0.4) is 0 Å². The van der Waals surface area contributed by atoms with Crippen molar-refractivity contribution in [1.29, 1.82) is 0 Å². The Morgan fingerprint density at radius 2 is 2.50 bits per heavy atom.